The molecule has 1 aliphatic carbocycles. The molecule has 0 bridgehead atoms. The molecular formula is C22H26F3N5O4. The van der Waals surface area contributed by atoms with Crippen molar-refractivity contribution < 1.29 is 32.6 Å². The van der Waals surface area contributed by atoms with Gasteiger partial charge in [-0.1, -0.05) is 6.42 Å². The molecule has 1 aromatic carbocycles. The van der Waals surface area contributed by atoms with Crippen LogP contribution in [0.1, 0.15) is 35.7 Å². The maximum atomic E-state index is 12.7. The van der Waals surface area contributed by atoms with E-state index < -0.39 is 12.1 Å². The van der Waals surface area contributed by atoms with E-state index in [1.807, 2.05) is 28.8 Å². The average Bonchev–Trinajstić information content (AvgIpc) is 3.34. The summed E-state index contributed by atoms with van der Waals surface area (Å²) >= 11 is 0. The molecule has 5 rings (SSSR count). The third-order valence-electron chi connectivity index (χ3n) is 6.68. The molecule has 1 saturated carbocycles. The van der Waals surface area contributed by atoms with E-state index in [1.165, 1.54) is 25.8 Å². The first-order valence-corrected chi connectivity index (χ1v) is 11.1. The number of carboxylic acid groups (broad SMARTS) is 1. The molecule has 2 atom stereocenters. The lowest BCUT2D eigenvalue weighted by Crippen LogP contribution is -2.38. The Morgan fingerprint density at radius 2 is 1.74 bits per heavy atom. The lowest BCUT2D eigenvalue weighted by Gasteiger charge is -2.34. The van der Waals surface area contributed by atoms with E-state index >= 15 is 0 Å². The van der Waals surface area contributed by atoms with Crippen molar-refractivity contribution in [2.45, 2.75) is 44.4 Å². The number of amides is 1. The van der Waals surface area contributed by atoms with E-state index in [2.05, 4.69) is 20.4 Å². The lowest BCUT2D eigenvalue weighted by atomic mass is 9.89. The minimum atomic E-state index is -5.08. The molecule has 12 heteroatoms. The smallest absolute Gasteiger partial charge is 0.490 e. The summed E-state index contributed by atoms with van der Waals surface area (Å²) in [6.07, 6.45) is -0.0868. The van der Waals surface area contributed by atoms with Crippen molar-refractivity contribution in [3.05, 3.63) is 35.9 Å². The highest BCUT2D eigenvalue weighted by atomic mass is 19.4. The number of likely N-dealkylation sites (tertiary alicyclic amines) is 1. The number of aliphatic carboxylic acids is 1. The molecule has 3 aliphatic rings. The Hall–Kier alpha value is -3.15. The number of carbonyl (C=O) groups excluding carboxylic acids is 1. The van der Waals surface area contributed by atoms with Gasteiger partial charge < -0.3 is 19.7 Å². The minimum absolute atomic E-state index is 0.203. The van der Waals surface area contributed by atoms with Crippen molar-refractivity contribution in [2.75, 3.05) is 25.5 Å². The summed E-state index contributed by atoms with van der Waals surface area (Å²) in [4.78, 5) is 24.3. The van der Waals surface area contributed by atoms with Gasteiger partial charge in [-0.05, 0) is 48.9 Å². The predicted octanol–water partition coefficient (Wildman–Crippen LogP) is 2.83. The van der Waals surface area contributed by atoms with Crippen LogP contribution in [-0.4, -0.2) is 69.1 Å². The molecule has 1 amide bonds. The van der Waals surface area contributed by atoms with Gasteiger partial charge in [-0.2, -0.15) is 13.2 Å². The number of hydrogen-bond acceptors (Lipinski definition) is 6. The number of hydrogen-bond donors (Lipinski definition) is 2. The summed E-state index contributed by atoms with van der Waals surface area (Å²) in [6.45, 7) is 3.17. The first-order chi connectivity index (χ1) is 16.2. The largest absolute Gasteiger partial charge is 0.497 e. The molecule has 3 heterocycles. The molecule has 9 nitrogen and oxygen atoms in total. The summed E-state index contributed by atoms with van der Waals surface area (Å²) in [6, 6.07) is 8.10. The van der Waals surface area contributed by atoms with Crippen molar-refractivity contribution in [3.8, 4) is 5.75 Å². The number of halogens is 3. The number of nitrogens with zero attached hydrogens (tertiary/aromatic N) is 4. The van der Waals surface area contributed by atoms with E-state index in [9.17, 15) is 18.0 Å². The molecular weight excluding hydrogens is 455 g/mol. The zero-order valence-corrected chi connectivity index (χ0v) is 18.6. The molecule has 1 saturated heterocycles. The van der Waals surface area contributed by atoms with Gasteiger partial charge in [0, 0.05) is 37.8 Å². The molecule has 0 spiro atoms. The molecule has 0 radical (unpaired) electrons. The average molecular weight is 481 g/mol. The molecule has 34 heavy (non-hydrogen) atoms. The van der Waals surface area contributed by atoms with Crippen molar-refractivity contribution in [1.82, 2.24) is 19.7 Å². The first kappa shape index (κ1) is 24.0. The van der Waals surface area contributed by atoms with Gasteiger partial charge in [0.25, 0.3) is 5.91 Å². The second-order valence-electron chi connectivity index (χ2n) is 8.80. The summed E-state index contributed by atoms with van der Waals surface area (Å²) < 4.78 is 38.9. The SMILES string of the molecule is COc1ccc(NC(=O)c2nnc3n2CC2CN(C4CCC4)CC2C3)cc1.O=C(O)C(F)(F)F. The highest BCUT2D eigenvalue weighted by Crippen LogP contribution is 2.37. The lowest BCUT2D eigenvalue weighted by molar-refractivity contribution is -0.192. The Morgan fingerprint density at radius 3 is 2.29 bits per heavy atom. The van der Waals surface area contributed by atoms with Gasteiger partial charge in [0.2, 0.25) is 5.82 Å². The van der Waals surface area contributed by atoms with Gasteiger partial charge in [0.1, 0.15) is 11.6 Å². The van der Waals surface area contributed by atoms with Crippen LogP contribution in [0.2, 0.25) is 0 Å². The fourth-order valence-corrected chi connectivity index (χ4v) is 4.64. The van der Waals surface area contributed by atoms with Crippen LogP contribution < -0.4 is 10.1 Å². The number of nitrogens with one attached hydrogen (secondary N) is 1. The zero-order chi connectivity index (χ0) is 24.5. The van der Waals surface area contributed by atoms with Crippen LogP contribution in [-0.2, 0) is 17.8 Å². The van der Waals surface area contributed by atoms with Crippen LogP contribution in [0.4, 0.5) is 18.9 Å². The number of anilines is 1. The van der Waals surface area contributed by atoms with E-state index in [-0.39, 0.29) is 5.91 Å². The molecule has 2 aromatic rings. The van der Waals surface area contributed by atoms with Gasteiger partial charge in [-0.3, -0.25) is 9.69 Å². The number of methoxy groups -OCH3 is 1. The number of benzene rings is 1. The van der Waals surface area contributed by atoms with Crippen molar-refractivity contribution in [1.29, 1.82) is 0 Å². The maximum absolute atomic E-state index is 12.7. The highest BCUT2D eigenvalue weighted by molar-refractivity contribution is 6.01. The van der Waals surface area contributed by atoms with Crippen molar-refractivity contribution in [2.24, 2.45) is 11.8 Å². The Bertz CT molecular complexity index is 1040. The zero-order valence-electron chi connectivity index (χ0n) is 18.6. The van der Waals surface area contributed by atoms with E-state index in [4.69, 9.17) is 14.6 Å². The Kier molecular flexibility index (Phi) is 6.78. The topological polar surface area (TPSA) is 110 Å². The standard InChI is InChI=1S/C20H25N5O2.C2HF3O2/c1-27-17-7-5-15(6-8-17)21-20(26)19-23-22-18-9-13-10-24(16-3-2-4-16)11-14(13)12-25(18)19;3-2(4,5)1(6)7/h5-8,13-14,16H,2-4,9-12H2,1H3,(H,21,26);(H,6,7). The number of rotatable bonds is 4. The van der Waals surface area contributed by atoms with Gasteiger partial charge in [0.15, 0.2) is 0 Å². The molecule has 2 unspecified atom stereocenters. The summed E-state index contributed by atoms with van der Waals surface area (Å²) in [5.74, 6) is 0.421. The molecule has 2 aliphatic heterocycles. The first-order valence-electron chi connectivity index (χ1n) is 11.1. The second kappa shape index (κ2) is 9.61. The van der Waals surface area contributed by atoms with Crippen LogP contribution in [0.15, 0.2) is 24.3 Å². The fraction of sp³-hybridized carbons (Fsp3) is 0.545. The van der Waals surface area contributed by atoms with E-state index in [0.717, 1.165) is 42.8 Å². The summed E-state index contributed by atoms with van der Waals surface area (Å²) in [5.41, 5.74) is 0.726. The van der Waals surface area contributed by atoms with Gasteiger partial charge >= 0.3 is 12.1 Å². The van der Waals surface area contributed by atoms with Crippen LogP contribution in [0, 0.1) is 11.8 Å². The van der Waals surface area contributed by atoms with Crippen LogP contribution >= 0.6 is 0 Å². The van der Waals surface area contributed by atoms with Crippen molar-refractivity contribution in [3.63, 3.8) is 0 Å². The number of carboxylic acids is 1. The predicted molar refractivity (Wildman–Crippen MR) is 115 cm³/mol. The fourth-order valence-electron chi connectivity index (χ4n) is 4.64. The third kappa shape index (κ3) is 5.16. The van der Waals surface area contributed by atoms with E-state index in [1.54, 1.807) is 7.11 Å². The minimum Gasteiger partial charge on any atom is -0.497 e. The number of ether oxygens (including phenoxy) is 1. The molecule has 184 valence electrons. The Balaban J connectivity index is 0.000000344. The normalized spacial score (nSPS) is 22.0. The summed E-state index contributed by atoms with van der Waals surface area (Å²) in [5, 5.41) is 18.6. The van der Waals surface area contributed by atoms with E-state index in [0.29, 0.717) is 17.7 Å². The number of aromatic nitrogens is 3. The molecule has 1 aromatic heterocycles. The monoisotopic (exact) mass is 481 g/mol. The number of fused-ring (bicyclic) bond motifs is 2. The van der Waals surface area contributed by atoms with Crippen LogP contribution in [0.5, 0.6) is 5.75 Å². The molecule has 2 fully saturated rings. The van der Waals surface area contributed by atoms with Gasteiger partial charge in [0.05, 0.1) is 7.11 Å². The number of carbonyl (C=O) groups is 2. The quantitative estimate of drug-likeness (QED) is 0.691. The van der Waals surface area contributed by atoms with Crippen LogP contribution in [0.3, 0.4) is 0 Å². The van der Waals surface area contributed by atoms with Crippen LogP contribution in [0.25, 0.3) is 0 Å². The third-order valence-corrected chi connectivity index (χ3v) is 6.68. The molecule has 2 N–H and O–H groups in total. The van der Waals surface area contributed by atoms with Gasteiger partial charge in [-0.15, -0.1) is 10.2 Å². The van der Waals surface area contributed by atoms with Gasteiger partial charge in [-0.25, -0.2) is 4.79 Å². The Morgan fingerprint density at radius 1 is 1.09 bits per heavy atom. The summed E-state index contributed by atoms with van der Waals surface area (Å²) in [7, 11) is 1.62. The maximum Gasteiger partial charge on any atom is 0.490 e. The highest BCUT2D eigenvalue weighted by Gasteiger charge is 2.42. The second-order valence-corrected chi connectivity index (χ2v) is 8.80. The Labute approximate surface area is 193 Å². The number of alkyl halides is 3. The van der Waals surface area contributed by atoms with Crippen molar-refractivity contribution >= 4 is 17.6 Å².